The van der Waals surface area contributed by atoms with Crippen LogP contribution in [0.3, 0.4) is 0 Å². The zero-order valence-electron chi connectivity index (χ0n) is 14.8. The van der Waals surface area contributed by atoms with E-state index in [4.69, 9.17) is 4.74 Å². The molecule has 0 aliphatic rings. The first-order valence-corrected chi connectivity index (χ1v) is 7.55. The van der Waals surface area contributed by atoms with Gasteiger partial charge in [0, 0.05) is 25.9 Å². The number of rotatable bonds is 5. The molecule has 0 radical (unpaired) electrons. The highest BCUT2D eigenvalue weighted by molar-refractivity contribution is 5.75. The Labute approximate surface area is 134 Å². The number of amides is 2. The average Bonchev–Trinajstić information content (AvgIpc) is 2.43. The minimum atomic E-state index is -0.333. The summed E-state index contributed by atoms with van der Waals surface area (Å²) in [6, 6.07) is 5.32. The van der Waals surface area contributed by atoms with Gasteiger partial charge in [-0.25, -0.2) is 4.79 Å². The van der Waals surface area contributed by atoms with Crippen LogP contribution in [0.4, 0.5) is 4.79 Å². The van der Waals surface area contributed by atoms with E-state index in [0.29, 0.717) is 6.61 Å². The summed E-state index contributed by atoms with van der Waals surface area (Å²) in [6.07, 6.45) is 1.73. The highest BCUT2D eigenvalue weighted by Gasteiger charge is 2.36. The first-order valence-electron chi connectivity index (χ1n) is 7.55. The van der Waals surface area contributed by atoms with Crippen molar-refractivity contribution in [1.29, 1.82) is 0 Å². The number of ether oxygens (including phenoxy) is 1. The van der Waals surface area contributed by atoms with Crippen LogP contribution in [-0.4, -0.2) is 42.2 Å². The molecule has 0 unspecified atom stereocenters. The van der Waals surface area contributed by atoms with E-state index in [1.54, 1.807) is 25.3 Å². The molecular formula is C17H29N3O2. The van der Waals surface area contributed by atoms with E-state index in [1.807, 2.05) is 32.0 Å². The van der Waals surface area contributed by atoms with Crippen molar-refractivity contribution in [1.82, 2.24) is 15.2 Å². The SMILES string of the molecule is COC[C@H](c1ccccn1)N(C)C(=O)NC(C)(C)C(C)(C)C. The lowest BCUT2D eigenvalue weighted by Gasteiger charge is -2.41. The standard InChI is InChI=1S/C17H29N3O2/c1-16(2,3)17(4,5)19-15(21)20(6)14(12-22-7)13-10-8-9-11-18-13/h8-11,14H,12H2,1-7H3,(H,19,21)/t14-/m1/s1. The summed E-state index contributed by atoms with van der Waals surface area (Å²) >= 11 is 0. The largest absolute Gasteiger partial charge is 0.382 e. The van der Waals surface area contributed by atoms with Crippen molar-refractivity contribution in [3.8, 4) is 0 Å². The van der Waals surface area contributed by atoms with E-state index in [1.165, 1.54) is 0 Å². The second kappa shape index (κ2) is 7.09. The molecule has 0 spiro atoms. The second-order valence-electron chi connectivity index (χ2n) is 7.14. The highest BCUT2D eigenvalue weighted by Crippen LogP contribution is 2.30. The maximum Gasteiger partial charge on any atom is 0.318 e. The summed E-state index contributed by atoms with van der Waals surface area (Å²) < 4.78 is 5.27. The summed E-state index contributed by atoms with van der Waals surface area (Å²) in [4.78, 5) is 18.6. The normalized spacial score (nSPS) is 13.6. The summed E-state index contributed by atoms with van der Waals surface area (Å²) in [5.41, 5.74) is 0.432. The fourth-order valence-corrected chi connectivity index (χ4v) is 1.81. The summed E-state index contributed by atoms with van der Waals surface area (Å²) in [5.74, 6) is 0. The number of methoxy groups -OCH3 is 1. The van der Waals surface area contributed by atoms with Crippen LogP contribution in [0.15, 0.2) is 24.4 Å². The van der Waals surface area contributed by atoms with Crippen molar-refractivity contribution in [2.45, 2.75) is 46.2 Å². The van der Waals surface area contributed by atoms with Crippen LogP contribution in [0.25, 0.3) is 0 Å². The fraction of sp³-hybridized carbons (Fsp3) is 0.647. The molecular weight excluding hydrogens is 278 g/mol. The van der Waals surface area contributed by atoms with E-state index in [2.05, 4.69) is 31.1 Å². The number of nitrogens with zero attached hydrogens (tertiary/aromatic N) is 2. The first kappa shape index (κ1) is 18.4. The van der Waals surface area contributed by atoms with Gasteiger partial charge in [0.2, 0.25) is 0 Å². The Bertz CT molecular complexity index is 480. The third kappa shape index (κ3) is 4.44. The number of carbonyl (C=O) groups is 1. The van der Waals surface area contributed by atoms with E-state index >= 15 is 0 Å². The summed E-state index contributed by atoms with van der Waals surface area (Å²) in [5, 5.41) is 3.11. The van der Waals surface area contributed by atoms with Gasteiger partial charge in [0.25, 0.3) is 0 Å². The Morgan fingerprint density at radius 3 is 2.41 bits per heavy atom. The number of pyridine rings is 1. The molecule has 1 atom stereocenters. The Kier molecular flexibility index (Phi) is 5.94. The van der Waals surface area contributed by atoms with Crippen LogP contribution in [0.5, 0.6) is 0 Å². The molecule has 1 aromatic rings. The lowest BCUT2D eigenvalue weighted by Crippen LogP contribution is -2.56. The zero-order chi connectivity index (χ0) is 17.0. The number of urea groups is 1. The van der Waals surface area contributed by atoms with Crippen molar-refractivity contribution < 1.29 is 9.53 Å². The lowest BCUT2D eigenvalue weighted by molar-refractivity contribution is 0.102. The fourth-order valence-electron chi connectivity index (χ4n) is 1.81. The van der Waals surface area contributed by atoms with E-state index < -0.39 is 0 Å². The van der Waals surface area contributed by atoms with Gasteiger partial charge >= 0.3 is 6.03 Å². The third-order valence-corrected chi connectivity index (χ3v) is 4.44. The van der Waals surface area contributed by atoms with E-state index in [9.17, 15) is 4.79 Å². The van der Waals surface area contributed by atoms with Gasteiger partial charge < -0.3 is 15.0 Å². The molecule has 5 nitrogen and oxygen atoms in total. The zero-order valence-corrected chi connectivity index (χ0v) is 14.8. The predicted octanol–water partition coefficient (Wildman–Crippen LogP) is 3.24. The van der Waals surface area contributed by atoms with Crippen LogP contribution < -0.4 is 5.32 Å². The molecule has 0 fully saturated rings. The van der Waals surface area contributed by atoms with Crippen molar-refractivity contribution in [3.05, 3.63) is 30.1 Å². The number of hydrogen-bond donors (Lipinski definition) is 1. The molecule has 0 aliphatic heterocycles. The van der Waals surface area contributed by atoms with Crippen molar-refractivity contribution in [3.63, 3.8) is 0 Å². The molecule has 0 bridgehead atoms. The monoisotopic (exact) mass is 307 g/mol. The Hall–Kier alpha value is -1.62. The van der Waals surface area contributed by atoms with Gasteiger partial charge in [-0.2, -0.15) is 0 Å². The van der Waals surface area contributed by atoms with Gasteiger partial charge in [-0.05, 0) is 31.4 Å². The smallest absolute Gasteiger partial charge is 0.318 e. The van der Waals surface area contributed by atoms with Crippen LogP contribution >= 0.6 is 0 Å². The maximum absolute atomic E-state index is 12.6. The van der Waals surface area contributed by atoms with Gasteiger partial charge in [-0.15, -0.1) is 0 Å². The number of hydrogen-bond acceptors (Lipinski definition) is 3. The topological polar surface area (TPSA) is 54.5 Å². The predicted molar refractivity (Wildman–Crippen MR) is 88.7 cm³/mol. The quantitative estimate of drug-likeness (QED) is 0.908. The summed E-state index contributed by atoms with van der Waals surface area (Å²) in [7, 11) is 3.40. The Morgan fingerprint density at radius 2 is 1.95 bits per heavy atom. The average molecular weight is 307 g/mol. The number of aromatic nitrogens is 1. The second-order valence-corrected chi connectivity index (χ2v) is 7.14. The van der Waals surface area contributed by atoms with Gasteiger partial charge in [-0.1, -0.05) is 26.8 Å². The number of nitrogens with one attached hydrogen (secondary N) is 1. The van der Waals surface area contributed by atoms with E-state index in [-0.39, 0.29) is 23.0 Å². The Balaban J connectivity index is 2.91. The van der Waals surface area contributed by atoms with Crippen molar-refractivity contribution in [2.24, 2.45) is 5.41 Å². The molecule has 0 aliphatic carbocycles. The third-order valence-electron chi connectivity index (χ3n) is 4.44. The van der Waals surface area contributed by atoms with Gasteiger partial charge in [-0.3, -0.25) is 4.98 Å². The molecule has 1 rings (SSSR count). The van der Waals surface area contributed by atoms with Crippen LogP contribution in [0, 0.1) is 5.41 Å². The lowest BCUT2D eigenvalue weighted by atomic mass is 9.76. The minimum absolute atomic E-state index is 0.0503. The van der Waals surface area contributed by atoms with Gasteiger partial charge in [0.15, 0.2) is 0 Å². The molecule has 1 aromatic heterocycles. The molecule has 2 amide bonds. The highest BCUT2D eigenvalue weighted by atomic mass is 16.5. The van der Waals surface area contributed by atoms with Crippen LogP contribution in [0.2, 0.25) is 0 Å². The summed E-state index contributed by atoms with van der Waals surface area (Å²) in [6.45, 7) is 10.8. The van der Waals surface area contributed by atoms with Gasteiger partial charge in [0.05, 0.1) is 18.3 Å². The molecule has 0 saturated heterocycles. The number of carbonyl (C=O) groups excluding carboxylic acids is 1. The molecule has 22 heavy (non-hydrogen) atoms. The number of likely N-dealkylation sites (N-methyl/N-ethyl adjacent to an activating group) is 1. The minimum Gasteiger partial charge on any atom is -0.382 e. The first-order chi connectivity index (χ1) is 10.1. The molecule has 0 aromatic carbocycles. The molecule has 124 valence electrons. The molecule has 1 heterocycles. The molecule has 0 saturated carbocycles. The molecule has 1 N–H and O–H groups in total. The van der Waals surface area contributed by atoms with Crippen molar-refractivity contribution in [2.75, 3.05) is 20.8 Å². The van der Waals surface area contributed by atoms with Crippen LogP contribution in [0.1, 0.15) is 46.4 Å². The molecule has 5 heteroatoms. The maximum atomic E-state index is 12.6. The van der Waals surface area contributed by atoms with Gasteiger partial charge in [0.1, 0.15) is 0 Å². The Morgan fingerprint density at radius 1 is 1.32 bits per heavy atom. The van der Waals surface area contributed by atoms with E-state index in [0.717, 1.165) is 5.69 Å². The van der Waals surface area contributed by atoms with Crippen LogP contribution in [-0.2, 0) is 4.74 Å². The van der Waals surface area contributed by atoms with Crippen molar-refractivity contribution >= 4 is 6.03 Å².